The van der Waals surface area contributed by atoms with E-state index in [2.05, 4.69) is 20.5 Å². The molecule has 9 nitrogen and oxygen atoms in total. The molecule has 3 aromatic carbocycles. The fraction of sp³-hybridized carbons (Fsp3) is 0.194. The molecule has 11 heteroatoms. The predicted octanol–water partition coefficient (Wildman–Crippen LogP) is 5.55. The van der Waals surface area contributed by atoms with Crippen molar-refractivity contribution in [1.29, 1.82) is 0 Å². The first kappa shape index (κ1) is 27.9. The quantitative estimate of drug-likeness (QED) is 0.229. The van der Waals surface area contributed by atoms with Gasteiger partial charge in [0.1, 0.15) is 0 Å². The Kier molecular flexibility index (Phi) is 8.18. The number of nitrogens with one attached hydrogen (secondary N) is 2. The number of likely N-dealkylation sites (tertiary alicyclic amines) is 1. The van der Waals surface area contributed by atoms with Crippen LogP contribution in [-0.4, -0.2) is 48.8 Å². The third kappa shape index (κ3) is 6.30. The van der Waals surface area contributed by atoms with E-state index in [1.165, 1.54) is 17.2 Å². The predicted molar refractivity (Wildman–Crippen MR) is 165 cm³/mol. The molecule has 214 valence electrons. The van der Waals surface area contributed by atoms with E-state index in [-0.39, 0.29) is 11.9 Å². The molecule has 0 bridgehead atoms. The number of halogens is 1. The van der Waals surface area contributed by atoms with Crippen molar-refractivity contribution in [2.75, 3.05) is 23.7 Å². The fourth-order valence-corrected chi connectivity index (χ4v) is 6.03. The Morgan fingerprint density at radius 2 is 1.83 bits per heavy atom. The second-order valence-electron chi connectivity index (χ2n) is 10.1. The molecular formula is C31H29ClN6O3S. The second-order valence-corrected chi connectivity index (χ2v) is 11.6. The molecule has 1 aliphatic heterocycles. The Morgan fingerprint density at radius 3 is 2.62 bits per heavy atom. The van der Waals surface area contributed by atoms with Gasteiger partial charge >= 0.3 is 0 Å². The molecule has 5 aromatic rings. The van der Waals surface area contributed by atoms with Crippen molar-refractivity contribution in [2.45, 2.75) is 30.8 Å². The van der Waals surface area contributed by atoms with Crippen LogP contribution in [0.4, 0.5) is 11.6 Å². The van der Waals surface area contributed by atoms with Crippen molar-refractivity contribution in [3.63, 3.8) is 0 Å². The summed E-state index contributed by atoms with van der Waals surface area (Å²) in [5.74, 6) is 0.411. The van der Waals surface area contributed by atoms with Crippen LogP contribution in [0.2, 0.25) is 5.02 Å². The summed E-state index contributed by atoms with van der Waals surface area (Å²) >= 11 is 4.91. The maximum atomic E-state index is 12.9. The average Bonchev–Trinajstić information content (AvgIpc) is 3.59. The minimum Gasteiger partial charge on any atom is -0.350 e. The average molecular weight is 601 g/mol. The lowest BCUT2D eigenvalue weighted by Crippen LogP contribution is -2.26. The molecular weight excluding hydrogens is 572 g/mol. The molecule has 0 saturated carbocycles. The third-order valence-corrected chi connectivity index (χ3v) is 8.28. The normalized spacial score (nSPS) is 15.9. The van der Waals surface area contributed by atoms with Crippen molar-refractivity contribution in [2.24, 2.45) is 0 Å². The SMILES string of the molecule is CC(=O)Nc1ccc(CN2CCC(Nc3ncc(Cl)c(-c4cn(OS(=O)c5ccccc5)c5ccccc45)n3)C2)cc1. The molecule has 2 aromatic heterocycles. The highest BCUT2D eigenvalue weighted by molar-refractivity contribution is 7.80. The van der Waals surface area contributed by atoms with Crippen molar-refractivity contribution in [3.05, 3.63) is 102 Å². The highest BCUT2D eigenvalue weighted by Gasteiger charge is 2.24. The number of fused-ring (bicyclic) bond motifs is 1. The Morgan fingerprint density at radius 1 is 1.07 bits per heavy atom. The molecule has 42 heavy (non-hydrogen) atoms. The molecule has 2 N–H and O–H groups in total. The number of benzene rings is 3. The van der Waals surface area contributed by atoms with E-state index >= 15 is 0 Å². The van der Waals surface area contributed by atoms with Crippen LogP contribution < -0.4 is 14.9 Å². The minimum atomic E-state index is -1.71. The van der Waals surface area contributed by atoms with Gasteiger partial charge in [-0.2, -0.15) is 4.73 Å². The van der Waals surface area contributed by atoms with E-state index in [4.69, 9.17) is 20.9 Å². The van der Waals surface area contributed by atoms with E-state index in [1.54, 1.807) is 24.5 Å². The molecule has 3 heterocycles. The number of rotatable bonds is 9. The Hall–Kier alpha value is -4.25. The summed E-state index contributed by atoms with van der Waals surface area (Å²) < 4.78 is 20.3. The largest absolute Gasteiger partial charge is 0.350 e. The number of aromatic nitrogens is 3. The monoisotopic (exact) mass is 600 g/mol. The van der Waals surface area contributed by atoms with E-state index in [0.29, 0.717) is 21.6 Å². The summed E-state index contributed by atoms with van der Waals surface area (Å²) in [6.07, 6.45) is 4.31. The topological polar surface area (TPSA) is 101 Å². The van der Waals surface area contributed by atoms with E-state index in [1.807, 2.05) is 66.7 Å². The number of carbonyl (C=O) groups excluding carboxylic acids is 1. The molecule has 0 aliphatic carbocycles. The van der Waals surface area contributed by atoms with Crippen molar-refractivity contribution in [3.8, 4) is 11.3 Å². The van der Waals surface area contributed by atoms with Crippen LogP contribution in [0.25, 0.3) is 22.2 Å². The number of amides is 1. The number of para-hydroxylation sites is 1. The van der Waals surface area contributed by atoms with Crippen molar-refractivity contribution in [1.82, 2.24) is 19.6 Å². The minimum absolute atomic E-state index is 0.0811. The van der Waals surface area contributed by atoms with Crippen molar-refractivity contribution < 1.29 is 13.3 Å². The maximum Gasteiger partial charge on any atom is 0.263 e. The highest BCUT2D eigenvalue weighted by atomic mass is 35.5. The number of nitrogens with zero attached hydrogens (tertiary/aromatic N) is 4. The summed E-state index contributed by atoms with van der Waals surface area (Å²) in [5.41, 5.74) is 4.04. The molecule has 2 unspecified atom stereocenters. The van der Waals surface area contributed by atoms with Crippen LogP contribution in [0, 0.1) is 0 Å². The molecule has 0 spiro atoms. The van der Waals surface area contributed by atoms with Gasteiger partial charge in [-0.1, -0.05) is 60.1 Å². The molecule has 0 radical (unpaired) electrons. The van der Waals surface area contributed by atoms with E-state index in [9.17, 15) is 9.00 Å². The van der Waals surface area contributed by atoms with Gasteiger partial charge in [-0.25, -0.2) is 14.2 Å². The van der Waals surface area contributed by atoms with Crippen LogP contribution in [0.1, 0.15) is 18.9 Å². The second kappa shape index (κ2) is 12.3. The zero-order chi connectivity index (χ0) is 29.1. The van der Waals surface area contributed by atoms with Crippen LogP contribution in [0.3, 0.4) is 0 Å². The Labute approximate surface area is 251 Å². The summed E-state index contributed by atoms with van der Waals surface area (Å²) in [4.78, 5) is 23.5. The zero-order valence-electron chi connectivity index (χ0n) is 22.9. The van der Waals surface area contributed by atoms with Gasteiger partial charge in [0.05, 0.1) is 33.5 Å². The Bertz CT molecular complexity index is 1750. The molecule has 2 atom stereocenters. The van der Waals surface area contributed by atoms with Crippen LogP contribution in [-0.2, 0) is 22.4 Å². The van der Waals surface area contributed by atoms with E-state index < -0.39 is 11.1 Å². The Balaban J connectivity index is 1.17. The molecule has 6 rings (SSSR count). The standard InChI is InChI=1S/C31H29ClN6O3S/c1-21(39)34-23-13-11-22(12-14-23)18-37-16-15-24(19-37)35-31-33-17-28(32)30(36-31)27-20-38(29-10-6-5-9-26(27)29)41-42(40)25-7-3-2-4-8-25/h2-14,17,20,24H,15-16,18-19H2,1H3,(H,34,39)(H,33,35,36). The van der Waals surface area contributed by atoms with Gasteiger partial charge in [-0.15, -0.1) is 0 Å². The summed E-state index contributed by atoms with van der Waals surface area (Å²) in [6, 6.07) is 24.8. The third-order valence-electron chi connectivity index (χ3n) is 7.05. The van der Waals surface area contributed by atoms with Gasteiger partial charge in [-0.05, 0) is 42.3 Å². The van der Waals surface area contributed by atoms with Crippen LogP contribution in [0.15, 0.2) is 96.2 Å². The van der Waals surface area contributed by atoms with Gasteiger partial charge in [0.2, 0.25) is 11.9 Å². The lowest BCUT2D eigenvalue weighted by atomic mass is 10.1. The first-order valence-electron chi connectivity index (χ1n) is 13.6. The number of anilines is 2. The van der Waals surface area contributed by atoms with Gasteiger partial charge in [0.25, 0.3) is 11.1 Å². The zero-order valence-corrected chi connectivity index (χ0v) is 24.4. The lowest BCUT2D eigenvalue weighted by molar-refractivity contribution is -0.114. The molecule has 1 fully saturated rings. The van der Waals surface area contributed by atoms with Gasteiger partial charge < -0.3 is 14.9 Å². The number of hydrogen-bond donors (Lipinski definition) is 2. The maximum absolute atomic E-state index is 12.9. The van der Waals surface area contributed by atoms with Crippen LogP contribution >= 0.6 is 11.6 Å². The van der Waals surface area contributed by atoms with E-state index in [0.717, 1.165) is 48.2 Å². The van der Waals surface area contributed by atoms with Gasteiger partial charge in [0, 0.05) is 49.2 Å². The van der Waals surface area contributed by atoms with Gasteiger partial charge in [-0.3, -0.25) is 9.69 Å². The molecule has 1 aliphatic rings. The fourth-order valence-electron chi connectivity index (χ4n) is 5.11. The summed E-state index contributed by atoms with van der Waals surface area (Å²) in [7, 11) is 0. The number of carbonyl (C=O) groups is 1. The van der Waals surface area contributed by atoms with Gasteiger partial charge in [0.15, 0.2) is 0 Å². The summed E-state index contributed by atoms with van der Waals surface area (Å²) in [5, 5.41) is 7.55. The van der Waals surface area contributed by atoms with Crippen LogP contribution in [0.5, 0.6) is 0 Å². The smallest absolute Gasteiger partial charge is 0.263 e. The molecule has 1 amide bonds. The highest BCUT2D eigenvalue weighted by Crippen LogP contribution is 2.34. The molecule has 1 saturated heterocycles. The number of hydrogen-bond acceptors (Lipinski definition) is 7. The van der Waals surface area contributed by atoms with Crippen molar-refractivity contribution >= 4 is 51.1 Å². The summed E-state index contributed by atoms with van der Waals surface area (Å²) in [6.45, 7) is 4.10. The first-order valence-corrected chi connectivity index (χ1v) is 15.0. The first-order chi connectivity index (χ1) is 20.4. The lowest BCUT2D eigenvalue weighted by Gasteiger charge is -2.17.